The van der Waals surface area contributed by atoms with Gasteiger partial charge in [-0.15, -0.1) is 0 Å². The molecular weight excluding hydrogens is 232 g/mol. The van der Waals surface area contributed by atoms with Crippen LogP contribution in [0.1, 0.15) is 26.3 Å². The minimum absolute atomic E-state index is 0.0335. The molecular formula is C14H16O4. The van der Waals surface area contributed by atoms with E-state index in [1.165, 1.54) is 0 Å². The van der Waals surface area contributed by atoms with Crippen molar-refractivity contribution in [3.05, 3.63) is 42.0 Å². The fraction of sp³-hybridized carbons (Fsp3) is 0.286. The first-order valence-corrected chi connectivity index (χ1v) is 5.52. The molecule has 0 unspecified atom stereocenters. The van der Waals surface area contributed by atoms with Gasteiger partial charge in [-0.3, -0.25) is 0 Å². The third kappa shape index (κ3) is 4.41. The molecule has 0 aromatic heterocycles. The van der Waals surface area contributed by atoms with Crippen molar-refractivity contribution in [1.29, 1.82) is 0 Å². The third-order valence-corrected chi connectivity index (χ3v) is 2.30. The highest BCUT2D eigenvalue weighted by molar-refractivity contribution is 5.91. The van der Waals surface area contributed by atoms with E-state index in [-0.39, 0.29) is 5.41 Å². The van der Waals surface area contributed by atoms with Gasteiger partial charge in [0.15, 0.2) is 0 Å². The van der Waals surface area contributed by atoms with Crippen LogP contribution in [0.15, 0.2) is 36.4 Å². The van der Waals surface area contributed by atoms with Crippen molar-refractivity contribution in [2.45, 2.75) is 26.2 Å². The maximum absolute atomic E-state index is 11.2. The van der Waals surface area contributed by atoms with Crippen molar-refractivity contribution < 1.29 is 19.4 Å². The molecule has 18 heavy (non-hydrogen) atoms. The number of carboxylic acids is 1. The summed E-state index contributed by atoms with van der Waals surface area (Å²) in [5, 5.41) is 8.36. The summed E-state index contributed by atoms with van der Waals surface area (Å²) in [5.41, 5.74) is 1.16. The Hall–Kier alpha value is -2.10. The van der Waals surface area contributed by atoms with Crippen molar-refractivity contribution in [3.63, 3.8) is 0 Å². The number of hydrogen-bond donors (Lipinski definition) is 1. The van der Waals surface area contributed by atoms with Crippen LogP contribution in [0.3, 0.4) is 0 Å². The standard InChI is InChI=1S/C14H16O4/c1-14(2,3)10-4-6-11(7-5-10)18-13(17)9-8-12(15)16/h4-9H,1-3H3,(H,15,16). The minimum atomic E-state index is -1.19. The number of carbonyl (C=O) groups excluding carboxylic acids is 1. The lowest BCUT2D eigenvalue weighted by Gasteiger charge is -2.18. The number of esters is 1. The smallest absolute Gasteiger partial charge is 0.336 e. The van der Waals surface area contributed by atoms with E-state index < -0.39 is 11.9 Å². The molecule has 1 aromatic rings. The summed E-state index contributed by atoms with van der Waals surface area (Å²) in [6, 6.07) is 7.13. The highest BCUT2D eigenvalue weighted by atomic mass is 16.5. The topological polar surface area (TPSA) is 63.6 Å². The lowest BCUT2D eigenvalue weighted by molar-refractivity contribution is -0.133. The number of hydrogen-bond acceptors (Lipinski definition) is 3. The number of aliphatic carboxylic acids is 1. The Balaban J connectivity index is 2.70. The van der Waals surface area contributed by atoms with Gasteiger partial charge in [0.05, 0.1) is 0 Å². The molecule has 0 aliphatic carbocycles. The Kier molecular flexibility index (Phi) is 4.26. The predicted octanol–water partition coefficient (Wildman–Crippen LogP) is 2.53. The van der Waals surface area contributed by atoms with E-state index in [0.717, 1.165) is 17.7 Å². The molecule has 4 nitrogen and oxygen atoms in total. The summed E-state index contributed by atoms with van der Waals surface area (Å²) < 4.78 is 4.94. The maximum atomic E-state index is 11.2. The van der Waals surface area contributed by atoms with E-state index in [2.05, 4.69) is 20.8 Å². The van der Waals surface area contributed by atoms with Crippen LogP contribution >= 0.6 is 0 Å². The first-order valence-electron chi connectivity index (χ1n) is 5.52. The zero-order valence-corrected chi connectivity index (χ0v) is 10.6. The second-order valence-electron chi connectivity index (χ2n) is 4.87. The number of benzene rings is 1. The molecule has 0 heterocycles. The Morgan fingerprint density at radius 2 is 1.67 bits per heavy atom. The van der Waals surface area contributed by atoms with Crippen LogP contribution in [0.2, 0.25) is 0 Å². The second-order valence-corrected chi connectivity index (χ2v) is 4.87. The number of rotatable bonds is 3. The van der Waals surface area contributed by atoms with Gasteiger partial charge in [-0.2, -0.15) is 0 Å². The van der Waals surface area contributed by atoms with E-state index in [1.807, 2.05) is 12.1 Å². The molecule has 0 aliphatic rings. The van der Waals surface area contributed by atoms with Gasteiger partial charge in [-0.25, -0.2) is 9.59 Å². The van der Waals surface area contributed by atoms with E-state index in [4.69, 9.17) is 9.84 Å². The van der Waals surface area contributed by atoms with E-state index >= 15 is 0 Å². The molecule has 0 saturated carbocycles. The second kappa shape index (κ2) is 5.49. The molecule has 0 aliphatic heterocycles. The zero-order valence-electron chi connectivity index (χ0n) is 10.6. The van der Waals surface area contributed by atoms with Gasteiger partial charge in [0, 0.05) is 12.2 Å². The predicted molar refractivity (Wildman–Crippen MR) is 67.6 cm³/mol. The van der Waals surface area contributed by atoms with Crippen LogP contribution < -0.4 is 4.74 Å². The summed E-state index contributed by atoms with van der Waals surface area (Å²) in [7, 11) is 0. The molecule has 1 aromatic carbocycles. The van der Waals surface area contributed by atoms with Gasteiger partial charge in [0.1, 0.15) is 5.75 Å². The summed E-state index contributed by atoms with van der Waals surface area (Å²) >= 11 is 0. The van der Waals surface area contributed by atoms with Crippen molar-refractivity contribution in [1.82, 2.24) is 0 Å². The molecule has 1 N–H and O–H groups in total. The average Bonchev–Trinajstić information content (AvgIpc) is 2.26. The van der Waals surface area contributed by atoms with Crippen LogP contribution in [0.25, 0.3) is 0 Å². The maximum Gasteiger partial charge on any atom is 0.336 e. The fourth-order valence-electron chi connectivity index (χ4n) is 1.31. The summed E-state index contributed by atoms with van der Waals surface area (Å²) in [5.74, 6) is -1.50. The normalized spacial score (nSPS) is 11.5. The third-order valence-electron chi connectivity index (χ3n) is 2.30. The van der Waals surface area contributed by atoms with Gasteiger partial charge in [-0.05, 0) is 23.1 Å². The summed E-state index contributed by atoms with van der Waals surface area (Å²) in [4.78, 5) is 21.4. The van der Waals surface area contributed by atoms with Crippen LogP contribution in [-0.2, 0) is 15.0 Å². The quantitative estimate of drug-likeness (QED) is 0.507. The molecule has 4 heteroatoms. The van der Waals surface area contributed by atoms with Crippen molar-refractivity contribution in [2.75, 3.05) is 0 Å². The van der Waals surface area contributed by atoms with Crippen LogP contribution in [0.5, 0.6) is 5.75 Å². The lowest BCUT2D eigenvalue weighted by Crippen LogP contribution is -2.11. The molecule has 0 atom stereocenters. The van der Waals surface area contributed by atoms with E-state index in [0.29, 0.717) is 5.75 Å². The molecule has 0 spiro atoms. The van der Waals surface area contributed by atoms with Gasteiger partial charge in [0.25, 0.3) is 0 Å². The van der Waals surface area contributed by atoms with Gasteiger partial charge >= 0.3 is 11.9 Å². The first kappa shape index (κ1) is 14.0. The van der Waals surface area contributed by atoms with Crippen LogP contribution in [-0.4, -0.2) is 17.0 Å². The molecule has 96 valence electrons. The van der Waals surface area contributed by atoms with Crippen LogP contribution in [0.4, 0.5) is 0 Å². The molecule has 0 saturated heterocycles. The lowest BCUT2D eigenvalue weighted by atomic mass is 9.87. The van der Waals surface area contributed by atoms with Gasteiger partial charge < -0.3 is 9.84 Å². The van der Waals surface area contributed by atoms with Crippen molar-refractivity contribution >= 4 is 11.9 Å². The Bertz CT molecular complexity index is 464. The minimum Gasteiger partial charge on any atom is -0.478 e. The molecule has 0 amide bonds. The average molecular weight is 248 g/mol. The van der Waals surface area contributed by atoms with E-state index in [9.17, 15) is 9.59 Å². The Morgan fingerprint density at radius 1 is 1.11 bits per heavy atom. The zero-order chi connectivity index (χ0) is 13.8. The summed E-state index contributed by atoms with van der Waals surface area (Å²) in [6.07, 6.45) is 1.62. The molecule has 0 radical (unpaired) electrons. The Labute approximate surface area is 106 Å². The van der Waals surface area contributed by atoms with Gasteiger partial charge in [0.2, 0.25) is 0 Å². The van der Waals surface area contributed by atoms with Crippen LogP contribution in [0, 0.1) is 0 Å². The number of ether oxygens (including phenoxy) is 1. The highest BCUT2D eigenvalue weighted by Crippen LogP contribution is 2.24. The largest absolute Gasteiger partial charge is 0.478 e. The SMILES string of the molecule is CC(C)(C)c1ccc(OC(=O)C=CC(=O)O)cc1. The van der Waals surface area contributed by atoms with E-state index in [1.54, 1.807) is 12.1 Å². The summed E-state index contributed by atoms with van der Waals surface area (Å²) in [6.45, 7) is 6.26. The molecule has 0 bridgehead atoms. The van der Waals surface area contributed by atoms with Gasteiger partial charge in [-0.1, -0.05) is 32.9 Å². The first-order chi connectivity index (χ1) is 8.29. The fourth-order valence-corrected chi connectivity index (χ4v) is 1.31. The molecule has 0 fully saturated rings. The van der Waals surface area contributed by atoms with Crippen molar-refractivity contribution in [2.24, 2.45) is 0 Å². The molecule has 1 rings (SSSR count). The number of carboxylic acid groups (broad SMARTS) is 1. The monoisotopic (exact) mass is 248 g/mol. The Morgan fingerprint density at radius 3 is 2.11 bits per heavy atom. The number of carbonyl (C=O) groups is 2. The van der Waals surface area contributed by atoms with Crippen molar-refractivity contribution in [3.8, 4) is 5.75 Å². The highest BCUT2D eigenvalue weighted by Gasteiger charge is 2.13.